The molecule has 0 bridgehead atoms. The second kappa shape index (κ2) is 12.8. The van der Waals surface area contributed by atoms with E-state index in [1.165, 1.54) is 25.4 Å². The van der Waals surface area contributed by atoms with Gasteiger partial charge in [-0.2, -0.15) is 0 Å². The molecule has 1 atom stereocenters. The van der Waals surface area contributed by atoms with Gasteiger partial charge in [0, 0.05) is 38.4 Å². The molecule has 2 aliphatic rings. The summed E-state index contributed by atoms with van der Waals surface area (Å²) in [5.41, 5.74) is 2.02. The second-order valence-corrected chi connectivity index (χ2v) is 10.3. The molecule has 0 saturated carbocycles. The summed E-state index contributed by atoms with van der Waals surface area (Å²) in [6.07, 6.45) is 5.15. The lowest BCUT2D eigenvalue weighted by molar-refractivity contribution is -0.140. The number of oxazole rings is 1. The van der Waals surface area contributed by atoms with Crippen molar-refractivity contribution in [2.24, 2.45) is 4.99 Å². The molecule has 2 aliphatic heterocycles. The quantitative estimate of drug-likeness (QED) is 0.256. The number of ether oxygens (including phenoxy) is 1. The van der Waals surface area contributed by atoms with Crippen LogP contribution >= 0.6 is 0 Å². The average molecular weight is 576 g/mol. The Kier molecular flexibility index (Phi) is 8.74. The summed E-state index contributed by atoms with van der Waals surface area (Å²) < 4.78 is 10.2. The number of methoxy groups -OCH3 is 1. The number of aromatic nitrogens is 2. The number of nitrogens with zero attached hydrogens (tertiary/aromatic N) is 5. The minimum Gasteiger partial charge on any atom is -0.464 e. The lowest BCUT2D eigenvalue weighted by atomic mass is 10.1. The Morgan fingerprint density at radius 1 is 1.10 bits per heavy atom. The fourth-order valence-electron chi connectivity index (χ4n) is 5.03. The number of fused-ring (bicyclic) bond motifs is 1. The largest absolute Gasteiger partial charge is 0.464 e. The first kappa shape index (κ1) is 28.7. The van der Waals surface area contributed by atoms with Crippen LogP contribution in [0.4, 0.5) is 5.69 Å². The second-order valence-electron chi connectivity index (χ2n) is 10.3. The topological polar surface area (TPSA) is 159 Å². The summed E-state index contributed by atoms with van der Waals surface area (Å²) in [6, 6.07) is 7.26. The number of carbonyl (C=O) groups is 4. The smallest absolute Gasteiger partial charge is 0.356 e. The maximum Gasteiger partial charge on any atom is 0.356 e. The van der Waals surface area contributed by atoms with E-state index in [1.54, 1.807) is 34.9 Å². The van der Waals surface area contributed by atoms with Crippen LogP contribution in [-0.4, -0.2) is 88.7 Å². The van der Waals surface area contributed by atoms with E-state index < -0.39 is 17.9 Å². The van der Waals surface area contributed by atoms with Crippen molar-refractivity contribution in [3.05, 3.63) is 53.7 Å². The molecule has 13 heteroatoms. The maximum absolute atomic E-state index is 13.6. The van der Waals surface area contributed by atoms with Gasteiger partial charge >= 0.3 is 5.97 Å². The minimum atomic E-state index is -0.806. The van der Waals surface area contributed by atoms with Crippen LogP contribution in [-0.2, 0) is 14.3 Å². The highest BCUT2D eigenvalue weighted by Crippen LogP contribution is 2.21. The van der Waals surface area contributed by atoms with Crippen LogP contribution in [0, 0.1) is 6.92 Å². The highest BCUT2D eigenvalue weighted by atomic mass is 16.5. The summed E-state index contributed by atoms with van der Waals surface area (Å²) in [6.45, 7) is 3.67. The van der Waals surface area contributed by atoms with Gasteiger partial charge in [-0.05, 0) is 62.4 Å². The molecule has 2 fully saturated rings. The molecule has 3 aromatic rings. The third-order valence-electron chi connectivity index (χ3n) is 7.23. The molecular weight excluding hydrogens is 542 g/mol. The number of anilines is 1. The standard InChI is InChI=1S/C29H33N7O6/c1-18-31-23-15-20(9-11-24(23)42-18)32-29(34-26(38)19-8-10-22(30-16-19)28(40)41-2)33-21-7-3-4-14-36(27(21)39)17-25(37)35-12-5-6-13-35/h8-11,15-16,21H,3-7,12-14,17H2,1-2H3,(H2,32,33,34,38)/t21-/m0/s1. The van der Waals surface area contributed by atoms with Crippen molar-refractivity contribution < 1.29 is 28.3 Å². The highest BCUT2D eigenvalue weighted by Gasteiger charge is 2.30. The van der Waals surface area contributed by atoms with Gasteiger partial charge in [-0.1, -0.05) is 0 Å². The first-order valence-electron chi connectivity index (χ1n) is 13.9. The molecule has 0 spiro atoms. The van der Waals surface area contributed by atoms with E-state index in [0.29, 0.717) is 48.7 Å². The number of guanidine groups is 1. The van der Waals surface area contributed by atoms with Crippen LogP contribution in [0.2, 0.25) is 0 Å². The van der Waals surface area contributed by atoms with Gasteiger partial charge < -0.3 is 24.3 Å². The van der Waals surface area contributed by atoms with E-state index in [4.69, 9.17) is 4.42 Å². The van der Waals surface area contributed by atoms with Gasteiger partial charge in [-0.15, -0.1) is 0 Å². The van der Waals surface area contributed by atoms with E-state index in [2.05, 4.69) is 30.3 Å². The number of nitrogens with one attached hydrogen (secondary N) is 2. The number of likely N-dealkylation sites (tertiary alicyclic amines) is 2. The molecule has 2 aromatic heterocycles. The lowest BCUT2D eigenvalue weighted by Gasteiger charge is -2.25. The number of hydrogen-bond acceptors (Lipinski definition) is 9. The van der Waals surface area contributed by atoms with Crippen molar-refractivity contribution in [3.8, 4) is 0 Å². The summed E-state index contributed by atoms with van der Waals surface area (Å²) in [5.74, 6) is -0.936. The van der Waals surface area contributed by atoms with Crippen LogP contribution in [0.5, 0.6) is 0 Å². The van der Waals surface area contributed by atoms with Crippen molar-refractivity contribution in [1.29, 1.82) is 0 Å². The van der Waals surface area contributed by atoms with Gasteiger partial charge in [-0.25, -0.2) is 19.8 Å². The Morgan fingerprint density at radius 2 is 1.88 bits per heavy atom. The van der Waals surface area contributed by atoms with Gasteiger partial charge in [0.25, 0.3) is 5.91 Å². The molecule has 3 amide bonds. The molecule has 0 aliphatic carbocycles. The van der Waals surface area contributed by atoms with E-state index in [0.717, 1.165) is 25.7 Å². The third kappa shape index (κ3) is 6.73. The van der Waals surface area contributed by atoms with Gasteiger partial charge in [0.2, 0.25) is 17.8 Å². The third-order valence-corrected chi connectivity index (χ3v) is 7.23. The Balaban J connectivity index is 1.39. The molecule has 2 N–H and O–H groups in total. The molecule has 1 aromatic carbocycles. The van der Waals surface area contributed by atoms with E-state index in [1.807, 2.05) is 0 Å². The average Bonchev–Trinajstić information content (AvgIpc) is 3.63. The number of hydrogen-bond donors (Lipinski definition) is 2. The van der Waals surface area contributed by atoms with Crippen LogP contribution < -0.4 is 10.6 Å². The van der Waals surface area contributed by atoms with Crippen molar-refractivity contribution in [3.63, 3.8) is 0 Å². The number of amides is 3. The zero-order valence-corrected chi connectivity index (χ0v) is 23.6. The number of esters is 1. The maximum atomic E-state index is 13.6. The monoisotopic (exact) mass is 575 g/mol. The molecule has 0 unspecified atom stereocenters. The Morgan fingerprint density at radius 3 is 2.62 bits per heavy atom. The zero-order valence-electron chi connectivity index (χ0n) is 23.6. The fraction of sp³-hybridized carbons (Fsp3) is 0.414. The summed E-state index contributed by atoms with van der Waals surface area (Å²) in [5, 5.41) is 5.84. The Hall–Kier alpha value is -4.81. The number of benzene rings is 1. The number of carbonyl (C=O) groups excluding carboxylic acids is 4. The van der Waals surface area contributed by atoms with Crippen LogP contribution in [0.3, 0.4) is 0 Å². The summed E-state index contributed by atoms with van der Waals surface area (Å²) in [4.78, 5) is 67.7. The van der Waals surface area contributed by atoms with E-state index >= 15 is 0 Å². The normalized spacial score (nSPS) is 17.7. The highest BCUT2D eigenvalue weighted by molar-refractivity contribution is 6.10. The molecule has 0 radical (unpaired) electrons. The summed E-state index contributed by atoms with van der Waals surface area (Å²) in [7, 11) is 1.25. The molecule has 5 rings (SSSR count). The SMILES string of the molecule is COC(=O)c1ccc(C(=O)NC(=N[C@H]2CCCCN(CC(=O)N3CCCC3)C2=O)Nc2ccc3oc(C)nc3c2)cn1. The lowest BCUT2D eigenvalue weighted by Crippen LogP contribution is -2.45. The predicted octanol–water partition coefficient (Wildman–Crippen LogP) is 2.52. The molecule has 220 valence electrons. The molecule has 4 heterocycles. The Bertz CT molecular complexity index is 1510. The minimum absolute atomic E-state index is 0.0143. The fourth-order valence-corrected chi connectivity index (χ4v) is 5.03. The van der Waals surface area contributed by atoms with Crippen LogP contribution in [0.15, 0.2) is 45.9 Å². The van der Waals surface area contributed by atoms with Crippen molar-refractivity contribution >= 4 is 46.4 Å². The molecular formula is C29H33N7O6. The number of aliphatic imine (C=N–C) groups is 1. The van der Waals surface area contributed by atoms with Gasteiger partial charge in [0.15, 0.2) is 11.5 Å². The predicted molar refractivity (Wildman–Crippen MR) is 153 cm³/mol. The van der Waals surface area contributed by atoms with Gasteiger partial charge in [0.1, 0.15) is 17.3 Å². The van der Waals surface area contributed by atoms with Crippen LogP contribution in [0.1, 0.15) is 58.8 Å². The number of aryl methyl sites for hydroxylation is 1. The van der Waals surface area contributed by atoms with Crippen molar-refractivity contribution in [2.75, 3.05) is 38.6 Å². The molecule has 2 saturated heterocycles. The molecule has 13 nitrogen and oxygen atoms in total. The number of pyridine rings is 1. The first-order chi connectivity index (χ1) is 20.3. The van der Waals surface area contributed by atoms with E-state index in [-0.39, 0.29) is 35.6 Å². The number of rotatable bonds is 6. The molecule has 42 heavy (non-hydrogen) atoms. The zero-order chi connectivity index (χ0) is 29.6. The van der Waals surface area contributed by atoms with Crippen molar-refractivity contribution in [2.45, 2.75) is 45.1 Å². The van der Waals surface area contributed by atoms with Gasteiger partial charge in [0.05, 0.1) is 19.2 Å². The van der Waals surface area contributed by atoms with Crippen LogP contribution in [0.25, 0.3) is 11.1 Å². The first-order valence-corrected chi connectivity index (χ1v) is 13.9. The summed E-state index contributed by atoms with van der Waals surface area (Å²) >= 11 is 0. The van der Waals surface area contributed by atoms with Gasteiger partial charge in [-0.3, -0.25) is 19.7 Å². The van der Waals surface area contributed by atoms with Crippen molar-refractivity contribution in [1.82, 2.24) is 25.1 Å². The Labute approximate surface area is 242 Å². The van der Waals surface area contributed by atoms with E-state index in [9.17, 15) is 19.2 Å².